The summed E-state index contributed by atoms with van der Waals surface area (Å²) in [5, 5.41) is 31.8. The van der Waals surface area contributed by atoms with Crippen molar-refractivity contribution >= 4 is 65.4 Å². The van der Waals surface area contributed by atoms with Crippen LogP contribution >= 0.6 is 0 Å². The van der Waals surface area contributed by atoms with Crippen molar-refractivity contribution in [1.82, 2.24) is 13.7 Å². The van der Waals surface area contributed by atoms with Gasteiger partial charge in [-0.3, -0.25) is 0 Å². The lowest BCUT2D eigenvalue weighted by atomic mass is 9.82. The third-order valence-electron chi connectivity index (χ3n) is 15.2. The lowest BCUT2D eigenvalue weighted by Gasteiger charge is -2.29. The predicted octanol–water partition coefficient (Wildman–Crippen LogP) is 16.3. The summed E-state index contributed by atoms with van der Waals surface area (Å²) < 4.78 is 6.94. The number of rotatable bonds is 4. The van der Waals surface area contributed by atoms with Gasteiger partial charge in [-0.25, -0.2) is 0 Å². The van der Waals surface area contributed by atoms with E-state index in [1.165, 1.54) is 11.1 Å². The van der Waals surface area contributed by atoms with Gasteiger partial charge in [0, 0.05) is 43.8 Å². The van der Waals surface area contributed by atoms with Crippen LogP contribution in [0.25, 0.3) is 93.6 Å². The van der Waals surface area contributed by atoms with E-state index in [2.05, 4.69) is 227 Å². The normalized spacial score (nSPS) is 12.5. The predicted molar refractivity (Wildman–Crippen MR) is 290 cm³/mol. The first-order chi connectivity index (χ1) is 33.9. The molecule has 9 aromatic carbocycles. The maximum atomic E-state index is 12.6. The highest BCUT2D eigenvalue weighted by Crippen LogP contribution is 2.55. The van der Waals surface area contributed by atoms with E-state index in [9.17, 15) is 10.5 Å². The molecule has 0 saturated carbocycles. The molecule has 1 aliphatic rings. The molecule has 12 aromatic rings. The van der Waals surface area contributed by atoms with Crippen LogP contribution in [0.15, 0.2) is 146 Å². The molecule has 0 atom stereocenters. The van der Waals surface area contributed by atoms with E-state index in [4.69, 9.17) is 0 Å². The van der Waals surface area contributed by atoms with Gasteiger partial charge in [-0.2, -0.15) is 10.5 Å². The van der Waals surface area contributed by atoms with E-state index in [0.717, 1.165) is 132 Å². The average Bonchev–Trinajstić information content (AvgIpc) is 4.03. The largest absolute Gasteiger partial charge is 0.307 e. The van der Waals surface area contributed by atoms with Crippen LogP contribution in [-0.2, 0) is 0 Å². The summed E-state index contributed by atoms with van der Waals surface area (Å²) in [6.45, 7) is 17.1. The summed E-state index contributed by atoms with van der Waals surface area (Å²) in [6.07, 6.45) is 0. The van der Waals surface area contributed by atoms with Gasteiger partial charge in [-0.1, -0.05) is 117 Å². The zero-order valence-electron chi connectivity index (χ0n) is 40.7. The summed E-state index contributed by atoms with van der Waals surface area (Å²) in [4.78, 5) is 0. The molecule has 0 N–H and O–H groups in total. The summed E-state index contributed by atoms with van der Waals surface area (Å²) in [6, 6.07) is 59.3. The summed E-state index contributed by atoms with van der Waals surface area (Å²) in [5.74, 6) is -0.403. The Balaban J connectivity index is 1.36. The van der Waals surface area contributed by atoms with E-state index < -0.39 is 5.92 Å². The van der Waals surface area contributed by atoms with Crippen molar-refractivity contribution in [1.29, 1.82) is 10.5 Å². The highest BCUT2D eigenvalue weighted by atomic mass is 15.1. The third kappa shape index (κ3) is 5.76. The number of benzene rings is 9. The number of hydrogen-bond donors (Lipinski definition) is 0. The van der Waals surface area contributed by atoms with Crippen molar-refractivity contribution in [2.24, 2.45) is 0 Å². The molecule has 3 aromatic heterocycles. The van der Waals surface area contributed by atoms with Crippen LogP contribution in [-0.4, -0.2) is 13.7 Å². The Labute approximate surface area is 407 Å². The minimum atomic E-state index is -0.403. The zero-order chi connectivity index (χ0) is 48.0. The van der Waals surface area contributed by atoms with Crippen LogP contribution in [0.5, 0.6) is 0 Å². The molecule has 334 valence electrons. The van der Waals surface area contributed by atoms with Crippen LogP contribution in [0.3, 0.4) is 0 Å². The fraction of sp³-hybridized carbons (Fsp3) is 0.138. The maximum absolute atomic E-state index is 12.6. The van der Waals surface area contributed by atoms with Gasteiger partial charge in [0.05, 0.1) is 55.7 Å². The van der Waals surface area contributed by atoms with Crippen LogP contribution in [0.2, 0.25) is 0 Å². The summed E-state index contributed by atoms with van der Waals surface area (Å²) >= 11 is 0. The van der Waals surface area contributed by atoms with Gasteiger partial charge in [0.25, 0.3) is 0 Å². The minimum absolute atomic E-state index is 0.403. The summed E-state index contributed by atoms with van der Waals surface area (Å²) in [5.41, 5.74) is 23.6. The standard InChI is InChI=1S/C65H49N5/c1-35-9-17-43-45(25-35)46-26-36(2)10-18-44(46)61(43)62-53(33-66)64(69-57-21-13-39(5)29-49(57)50-30-40(6)14-22-58(50)69)65(70-59-23-15-41(7)31-51(59)52-32-42(8)16-24-60(52)70)54(34-67)63(62)68-55-19-11-37(3)27-47(55)48-28-38(4)12-20-56(48)68/h9-32,61H,1-8H3. The van der Waals surface area contributed by atoms with Crippen molar-refractivity contribution in [3.05, 3.63) is 218 Å². The van der Waals surface area contributed by atoms with Gasteiger partial charge in [-0.05, 0) is 150 Å². The van der Waals surface area contributed by atoms with E-state index in [0.29, 0.717) is 22.5 Å². The number of nitriles is 2. The molecule has 0 spiro atoms. The van der Waals surface area contributed by atoms with Crippen molar-refractivity contribution in [2.75, 3.05) is 0 Å². The molecule has 0 saturated heterocycles. The average molecular weight is 900 g/mol. The van der Waals surface area contributed by atoms with Crippen molar-refractivity contribution in [3.63, 3.8) is 0 Å². The SMILES string of the molecule is Cc1ccc2c(c1)-c1cc(C)ccc1C2c1c(C#N)c(-n2c3ccc(C)cc3c3cc(C)ccc32)c(-n2c3ccc(C)cc3c3cc(C)ccc32)c(C#N)c1-n1c2ccc(C)cc2c2cc(C)ccc21. The molecule has 70 heavy (non-hydrogen) atoms. The van der Waals surface area contributed by atoms with Crippen molar-refractivity contribution < 1.29 is 0 Å². The number of aryl methyl sites for hydroxylation is 8. The van der Waals surface area contributed by atoms with E-state index in [-0.39, 0.29) is 0 Å². The second kappa shape index (κ2) is 14.9. The minimum Gasteiger partial charge on any atom is -0.307 e. The second-order valence-electron chi connectivity index (χ2n) is 20.2. The van der Waals surface area contributed by atoms with Crippen molar-refractivity contribution in [3.8, 4) is 40.3 Å². The Bertz CT molecular complexity index is 4190. The molecule has 1 aliphatic carbocycles. The molecule has 0 unspecified atom stereocenters. The Morgan fingerprint density at radius 3 is 0.871 bits per heavy atom. The number of nitrogens with zero attached hydrogens (tertiary/aromatic N) is 5. The molecule has 3 heterocycles. The van der Waals surface area contributed by atoms with Gasteiger partial charge < -0.3 is 13.7 Å². The first-order valence-corrected chi connectivity index (χ1v) is 24.2. The Kier molecular flexibility index (Phi) is 8.86. The number of hydrogen-bond acceptors (Lipinski definition) is 2. The molecule has 5 heteroatoms. The second-order valence-corrected chi connectivity index (χ2v) is 20.2. The van der Waals surface area contributed by atoms with Gasteiger partial charge in [0.2, 0.25) is 0 Å². The molecule has 0 amide bonds. The quantitative estimate of drug-likeness (QED) is 0.177. The Morgan fingerprint density at radius 2 is 0.571 bits per heavy atom. The monoisotopic (exact) mass is 899 g/mol. The van der Waals surface area contributed by atoms with Gasteiger partial charge in [0.15, 0.2) is 0 Å². The first kappa shape index (κ1) is 41.5. The van der Waals surface area contributed by atoms with E-state index >= 15 is 0 Å². The lowest BCUT2D eigenvalue weighted by Crippen LogP contribution is -2.18. The molecule has 0 bridgehead atoms. The van der Waals surface area contributed by atoms with Crippen LogP contribution < -0.4 is 0 Å². The van der Waals surface area contributed by atoms with E-state index in [1.54, 1.807) is 0 Å². The first-order valence-electron chi connectivity index (χ1n) is 24.2. The van der Waals surface area contributed by atoms with Crippen molar-refractivity contribution in [2.45, 2.75) is 61.3 Å². The van der Waals surface area contributed by atoms with Crippen LogP contribution in [0.1, 0.15) is 78.2 Å². The molecule has 0 radical (unpaired) electrons. The van der Waals surface area contributed by atoms with Crippen LogP contribution in [0, 0.1) is 78.1 Å². The fourth-order valence-corrected chi connectivity index (χ4v) is 12.2. The number of aromatic nitrogens is 3. The Morgan fingerprint density at radius 1 is 0.314 bits per heavy atom. The Hall–Kier alpha value is -8.64. The third-order valence-corrected chi connectivity index (χ3v) is 15.2. The molecule has 0 aliphatic heterocycles. The van der Waals surface area contributed by atoms with Gasteiger partial charge in [0.1, 0.15) is 17.7 Å². The van der Waals surface area contributed by atoms with Gasteiger partial charge >= 0.3 is 0 Å². The molecule has 0 fully saturated rings. The smallest absolute Gasteiger partial charge is 0.104 e. The highest BCUT2D eigenvalue weighted by molar-refractivity contribution is 6.14. The van der Waals surface area contributed by atoms with Crippen LogP contribution in [0.4, 0.5) is 0 Å². The maximum Gasteiger partial charge on any atom is 0.104 e. The fourth-order valence-electron chi connectivity index (χ4n) is 12.2. The van der Waals surface area contributed by atoms with E-state index in [1.807, 2.05) is 0 Å². The molecule has 13 rings (SSSR count). The molecular weight excluding hydrogens is 851 g/mol. The summed E-state index contributed by atoms with van der Waals surface area (Å²) in [7, 11) is 0. The highest BCUT2D eigenvalue weighted by Gasteiger charge is 2.40. The topological polar surface area (TPSA) is 62.4 Å². The molecule has 5 nitrogen and oxygen atoms in total. The zero-order valence-corrected chi connectivity index (χ0v) is 40.7. The van der Waals surface area contributed by atoms with Gasteiger partial charge in [-0.15, -0.1) is 0 Å². The number of fused-ring (bicyclic) bond motifs is 12. The molecular formula is C65H49N5. The lowest BCUT2D eigenvalue weighted by molar-refractivity contribution is 0.952.